The Morgan fingerprint density at radius 2 is 2.30 bits per heavy atom. The van der Waals surface area contributed by atoms with E-state index in [1.165, 1.54) is 0 Å². The van der Waals surface area contributed by atoms with E-state index < -0.39 is 11.7 Å². The fourth-order valence-electron chi connectivity index (χ4n) is 1.80. The molecule has 5 nitrogen and oxygen atoms in total. The van der Waals surface area contributed by atoms with Crippen LogP contribution in [0.3, 0.4) is 0 Å². The minimum absolute atomic E-state index is 0.207. The first kappa shape index (κ1) is 16.1. The van der Waals surface area contributed by atoms with Crippen LogP contribution in [0.1, 0.15) is 45.9 Å². The van der Waals surface area contributed by atoms with Crippen LogP contribution in [0, 0.1) is 12.3 Å². The zero-order chi connectivity index (χ0) is 15.2. The number of terminal acetylenes is 1. The molecule has 1 rings (SSSR count). The van der Waals surface area contributed by atoms with Crippen molar-refractivity contribution in [1.82, 2.24) is 14.9 Å². The van der Waals surface area contributed by atoms with Crippen molar-refractivity contribution in [3.63, 3.8) is 0 Å². The first-order chi connectivity index (χ1) is 9.33. The monoisotopic (exact) mass is 277 g/mol. The van der Waals surface area contributed by atoms with Gasteiger partial charge in [0.15, 0.2) is 0 Å². The number of carbonyl (C=O) groups is 1. The zero-order valence-electron chi connectivity index (χ0n) is 12.6. The number of amides is 1. The smallest absolute Gasteiger partial charge is 0.407 e. The molecule has 5 heteroatoms. The minimum atomic E-state index is -0.479. The number of imidazole rings is 1. The molecular weight excluding hydrogens is 254 g/mol. The molecule has 1 N–H and O–H groups in total. The largest absolute Gasteiger partial charge is 0.444 e. The van der Waals surface area contributed by atoms with Crippen LogP contribution < -0.4 is 5.32 Å². The van der Waals surface area contributed by atoms with Gasteiger partial charge in [0, 0.05) is 37.3 Å². The number of nitrogens with one attached hydrogen (secondary N) is 1. The highest BCUT2D eigenvalue weighted by molar-refractivity contribution is 5.67. The highest BCUT2D eigenvalue weighted by Gasteiger charge is 2.16. The lowest BCUT2D eigenvalue weighted by atomic mass is 10.2. The fraction of sp³-hybridized carbons (Fsp3) is 0.600. The number of hydrogen-bond acceptors (Lipinski definition) is 3. The molecule has 0 radical (unpaired) electrons. The van der Waals surface area contributed by atoms with Gasteiger partial charge in [-0.25, -0.2) is 9.78 Å². The Balaban J connectivity index is 2.45. The topological polar surface area (TPSA) is 56.2 Å². The lowest BCUT2D eigenvalue weighted by Gasteiger charge is -2.20. The fourth-order valence-corrected chi connectivity index (χ4v) is 1.80. The zero-order valence-corrected chi connectivity index (χ0v) is 12.6. The van der Waals surface area contributed by atoms with E-state index in [9.17, 15) is 4.79 Å². The van der Waals surface area contributed by atoms with Gasteiger partial charge in [-0.15, -0.1) is 12.3 Å². The summed E-state index contributed by atoms with van der Waals surface area (Å²) in [5, 5.41) is 2.73. The normalized spacial score (nSPS) is 12.6. The van der Waals surface area contributed by atoms with Crippen molar-refractivity contribution in [2.45, 2.75) is 52.2 Å². The molecule has 1 aromatic rings. The summed E-state index contributed by atoms with van der Waals surface area (Å²) in [5.41, 5.74) is 0.566. The summed E-state index contributed by atoms with van der Waals surface area (Å²) in [7, 11) is 0. The number of carbonyl (C=O) groups excluding carboxylic acids is 1. The molecule has 0 aliphatic heterocycles. The number of hydrogen-bond donors (Lipinski definition) is 1. The van der Waals surface area contributed by atoms with Crippen LogP contribution in [-0.2, 0) is 11.2 Å². The van der Waals surface area contributed by atoms with Crippen LogP contribution in [0.15, 0.2) is 12.5 Å². The maximum Gasteiger partial charge on any atom is 0.407 e. The van der Waals surface area contributed by atoms with Crippen molar-refractivity contribution in [1.29, 1.82) is 0 Å². The van der Waals surface area contributed by atoms with E-state index in [0.29, 0.717) is 19.4 Å². The minimum Gasteiger partial charge on any atom is -0.444 e. The molecule has 0 spiro atoms. The molecule has 0 aliphatic carbocycles. The lowest BCUT2D eigenvalue weighted by Crippen LogP contribution is -2.33. The van der Waals surface area contributed by atoms with E-state index >= 15 is 0 Å². The average Bonchev–Trinajstić information content (AvgIpc) is 2.75. The van der Waals surface area contributed by atoms with Crippen LogP contribution in [0.4, 0.5) is 4.79 Å². The van der Waals surface area contributed by atoms with Crippen molar-refractivity contribution in [2.75, 3.05) is 6.54 Å². The Bertz CT molecular complexity index is 480. The second kappa shape index (κ2) is 6.99. The summed E-state index contributed by atoms with van der Waals surface area (Å²) < 4.78 is 7.21. The van der Waals surface area contributed by atoms with E-state index in [0.717, 1.165) is 5.69 Å². The molecule has 1 atom stereocenters. The third-order valence-corrected chi connectivity index (χ3v) is 2.68. The van der Waals surface area contributed by atoms with E-state index in [1.54, 1.807) is 12.5 Å². The lowest BCUT2D eigenvalue weighted by molar-refractivity contribution is 0.0528. The van der Waals surface area contributed by atoms with Gasteiger partial charge in [-0.05, 0) is 27.7 Å². The van der Waals surface area contributed by atoms with Gasteiger partial charge in [-0.1, -0.05) is 0 Å². The molecule has 1 amide bonds. The van der Waals surface area contributed by atoms with Gasteiger partial charge in [0.2, 0.25) is 0 Å². The highest BCUT2D eigenvalue weighted by atomic mass is 16.6. The van der Waals surface area contributed by atoms with Crippen LogP contribution in [0.25, 0.3) is 0 Å². The molecule has 0 aliphatic rings. The molecular formula is C15H23N3O2. The molecule has 110 valence electrons. The van der Waals surface area contributed by atoms with Gasteiger partial charge in [0.1, 0.15) is 5.60 Å². The molecule has 20 heavy (non-hydrogen) atoms. The van der Waals surface area contributed by atoms with Crippen molar-refractivity contribution in [3.05, 3.63) is 18.2 Å². The number of ether oxygens (including phenoxy) is 1. The molecule has 0 saturated carbocycles. The van der Waals surface area contributed by atoms with Crippen molar-refractivity contribution in [3.8, 4) is 12.3 Å². The van der Waals surface area contributed by atoms with Crippen LogP contribution in [0.5, 0.6) is 0 Å². The Labute approximate surface area is 120 Å². The number of rotatable bonds is 5. The Morgan fingerprint density at radius 1 is 1.60 bits per heavy atom. The molecule has 0 saturated heterocycles. The highest BCUT2D eigenvalue weighted by Crippen LogP contribution is 2.13. The Kier molecular flexibility index (Phi) is 5.63. The molecule has 1 aromatic heterocycles. The average molecular weight is 277 g/mol. The third-order valence-electron chi connectivity index (χ3n) is 2.68. The standard InChI is InChI=1S/C15H23N3O2/c1-6-7-12(2)18-11-16-10-13(18)8-9-17-14(19)20-15(3,4)5/h1,10-12H,7-9H2,2-5H3,(H,17,19). The predicted octanol–water partition coefficient (Wildman–Crippen LogP) is 2.53. The SMILES string of the molecule is C#CCC(C)n1cncc1CCNC(=O)OC(C)(C)C. The number of aromatic nitrogens is 2. The van der Waals surface area contributed by atoms with Gasteiger partial charge in [0.25, 0.3) is 0 Å². The summed E-state index contributed by atoms with van der Waals surface area (Å²) >= 11 is 0. The summed E-state index contributed by atoms with van der Waals surface area (Å²) in [6, 6.07) is 0.207. The van der Waals surface area contributed by atoms with Gasteiger partial charge in [-0.2, -0.15) is 0 Å². The van der Waals surface area contributed by atoms with Gasteiger partial charge in [-0.3, -0.25) is 0 Å². The second-order valence-corrected chi connectivity index (χ2v) is 5.73. The van der Waals surface area contributed by atoms with E-state index in [2.05, 4.69) is 16.2 Å². The van der Waals surface area contributed by atoms with Gasteiger partial charge < -0.3 is 14.6 Å². The van der Waals surface area contributed by atoms with Crippen molar-refractivity contribution >= 4 is 6.09 Å². The van der Waals surface area contributed by atoms with E-state index in [1.807, 2.05) is 32.3 Å². The van der Waals surface area contributed by atoms with Gasteiger partial charge >= 0.3 is 6.09 Å². The van der Waals surface area contributed by atoms with Crippen LogP contribution in [-0.4, -0.2) is 27.8 Å². The molecule has 0 bridgehead atoms. The number of alkyl carbamates (subject to hydrolysis) is 1. The van der Waals surface area contributed by atoms with Crippen LogP contribution >= 0.6 is 0 Å². The number of nitrogens with zero attached hydrogens (tertiary/aromatic N) is 2. The van der Waals surface area contributed by atoms with E-state index in [4.69, 9.17) is 11.2 Å². The summed E-state index contributed by atoms with van der Waals surface area (Å²) in [4.78, 5) is 15.7. The maximum atomic E-state index is 11.5. The van der Waals surface area contributed by atoms with Crippen LogP contribution in [0.2, 0.25) is 0 Å². The molecule has 1 unspecified atom stereocenters. The van der Waals surface area contributed by atoms with Crippen molar-refractivity contribution in [2.24, 2.45) is 0 Å². The first-order valence-corrected chi connectivity index (χ1v) is 6.74. The Hall–Kier alpha value is -1.96. The van der Waals surface area contributed by atoms with E-state index in [-0.39, 0.29) is 6.04 Å². The molecule has 1 heterocycles. The summed E-state index contributed by atoms with van der Waals surface area (Å²) in [6.07, 6.45) is 9.83. The maximum absolute atomic E-state index is 11.5. The molecule has 0 aromatic carbocycles. The first-order valence-electron chi connectivity index (χ1n) is 6.74. The Morgan fingerprint density at radius 3 is 2.90 bits per heavy atom. The quantitative estimate of drug-likeness (QED) is 0.841. The summed E-state index contributed by atoms with van der Waals surface area (Å²) in [5.74, 6) is 2.64. The molecule has 0 fully saturated rings. The summed E-state index contributed by atoms with van der Waals surface area (Å²) in [6.45, 7) is 8.06. The third kappa shape index (κ3) is 5.35. The second-order valence-electron chi connectivity index (χ2n) is 5.73. The van der Waals surface area contributed by atoms with Crippen molar-refractivity contribution < 1.29 is 9.53 Å². The van der Waals surface area contributed by atoms with Gasteiger partial charge in [0.05, 0.1) is 6.33 Å². The predicted molar refractivity (Wildman–Crippen MR) is 78.3 cm³/mol.